The van der Waals surface area contributed by atoms with E-state index in [1.807, 2.05) is 30.3 Å². The number of hydrogen-bond acceptors (Lipinski definition) is 3. The lowest BCUT2D eigenvalue weighted by Gasteiger charge is -2.10. The summed E-state index contributed by atoms with van der Waals surface area (Å²) < 4.78 is 5.64. The molecule has 0 spiro atoms. The van der Waals surface area contributed by atoms with Crippen molar-refractivity contribution in [1.82, 2.24) is 5.32 Å². The van der Waals surface area contributed by atoms with Gasteiger partial charge in [0.2, 0.25) is 0 Å². The highest BCUT2D eigenvalue weighted by molar-refractivity contribution is 5.73. The van der Waals surface area contributed by atoms with Gasteiger partial charge in [0.15, 0.2) is 0 Å². The van der Waals surface area contributed by atoms with Gasteiger partial charge < -0.3 is 15.2 Å². The van der Waals surface area contributed by atoms with E-state index in [1.165, 1.54) is 0 Å². The van der Waals surface area contributed by atoms with Crippen LogP contribution < -0.4 is 5.32 Å². The van der Waals surface area contributed by atoms with Gasteiger partial charge in [-0.3, -0.25) is 4.79 Å². The Morgan fingerprint density at radius 2 is 2.19 bits per heavy atom. The predicted molar refractivity (Wildman–Crippen MR) is 59.1 cm³/mol. The lowest BCUT2D eigenvalue weighted by atomic mass is 10.2. The minimum atomic E-state index is -0.800. The first-order valence-electron chi connectivity index (χ1n) is 5.37. The average Bonchev–Trinajstić information content (AvgIpc) is 2.76. The molecular formula is C12H15NO3. The van der Waals surface area contributed by atoms with E-state index < -0.39 is 12.0 Å². The molecule has 1 aliphatic heterocycles. The molecule has 0 amide bonds. The molecule has 0 saturated carbocycles. The highest BCUT2D eigenvalue weighted by Crippen LogP contribution is 2.12. The van der Waals surface area contributed by atoms with Crippen molar-refractivity contribution in [1.29, 1.82) is 0 Å². The minimum Gasteiger partial charge on any atom is -0.480 e. The van der Waals surface area contributed by atoms with E-state index in [0.717, 1.165) is 5.56 Å². The maximum Gasteiger partial charge on any atom is 0.320 e. The fraction of sp³-hybridized carbons (Fsp3) is 0.417. The second kappa shape index (κ2) is 5.09. The molecule has 4 heteroatoms. The van der Waals surface area contributed by atoms with Gasteiger partial charge in [-0.05, 0) is 5.56 Å². The van der Waals surface area contributed by atoms with Gasteiger partial charge in [-0.25, -0.2) is 0 Å². The Hall–Kier alpha value is -1.39. The fourth-order valence-electron chi connectivity index (χ4n) is 1.81. The summed E-state index contributed by atoms with van der Waals surface area (Å²) in [5.74, 6) is -0.800. The molecule has 2 unspecified atom stereocenters. The first-order chi connectivity index (χ1) is 7.75. The Morgan fingerprint density at radius 1 is 1.44 bits per heavy atom. The number of nitrogens with one attached hydrogen (secondary N) is 1. The number of rotatable bonds is 4. The Kier molecular flexibility index (Phi) is 3.54. The molecule has 0 aliphatic carbocycles. The lowest BCUT2D eigenvalue weighted by Crippen LogP contribution is -2.29. The maximum atomic E-state index is 10.7. The number of hydrogen-bond donors (Lipinski definition) is 2. The van der Waals surface area contributed by atoms with Gasteiger partial charge in [0.05, 0.1) is 12.7 Å². The third-order valence-electron chi connectivity index (χ3n) is 2.72. The summed E-state index contributed by atoms with van der Waals surface area (Å²) in [6.45, 7) is 1.16. The molecule has 2 rings (SSSR count). The summed E-state index contributed by atoms with van der Waals surface area (Å²) in [6.07, 6.45) is 0.545. The van der Waals surface area contributed by atoms with Gasteiger partial charge >= 0.3 is 5.97 Å². The number of ether oxygens (including phenoxy) is 1. The first-order valence-corrected chi connectivity index (χ1v) is 5.37. The van der Waals surface area contributed by atoms with E-state index in [2.05, 4.69) is 5.32 Å². The van der Waals surface area contributed by atoms with Gasteiger partial charge in [-0.15, -0.1) is 0 Å². The van der Waals surface area contributed by atoms with Crippen molar-refractivity contribution in [2.75, 3.05) is 6.54 Å². The van der Waals surface area contributed by atoms with Crippen molar-refractivity contribution < 1.29 is 14.6 Å². The number of aliphatic carboxylic acids is 1. The van der Waals surface area contributed by atoms with Crippen LogP contribution in [0, 0.1) is 0 Å². The van der Waals surface area contributed by atoms with Gasteiger partial charge in [0.25, 0.3) is 0 Å². The Labute approximate surface area is 94.2 Å². The van der Waals surface area contributed by atoms with E-state index >= 15 is 0 Å². The van der Waals surface area contributed by atoms with Crippen LogP contribution in [0.4, 0.5) is 0 Å². The molecule has 1 aromatic rings. The zero-order chi connectivity index (χ0) is 11.4. The Bertz CT molecular complexity index is 353. The van der Waals surface area contributed by atoms with Gasteiger partial charge in [0.1, 0.15) is 6.04 Å². The van der Waals surface area contributed by atoms with E-state index in [4.69, 9.17) is 9.84 Å². The monoisotopic (exact) mass is 221 g/mol. The highest BCUT2D eigenvalue weighted by atomic mass is 16.5. The highest BCUT2D eigenvalue weighted by Gasteiger charge is 2.29. The zero-order valence-corrected chi connectivity index (χ0v) is 8.93. The van der Waals surface area contributed by atoms with Crippen LogP contribution >= 0.6 is 0 Å². The number of carboxylic acid groups (broad SMARTS) is 1. The number of benzene rings is 1. The van der Waals surface area contributed by atoms with Crippen LogP contribution in [0.25, 0.3) is 0 Å². The van der Waals surface area contributed by atoms with Crippen molar-refractivity contribution in [3.8, 4) is 0 Å². The van der Waals surface area contributed by atoms with Crippen LogP contribution in [-0.2, 0) is 16.1 Å². The molecule has 2 atom stereocenters. The van der Waals surface area contributed by atoms with Crippen molar-refractivity contribution in [3.05, 3.63) is 35.9 Å². The molecule has 1 aromatic carbocycles. The third-order valence-corrected chi connectivity index (χ3v) is 2.72. The van der Waals surface area contributed by atoms with E-state index in [-0.39, 0.29) is 6.10 Å². The van der Waals surface area contributed by atoms with Crippen LogP contribution in [0.3, 0.4) is 0 Å². The second-order valence-electron chi connectivity index (χ2n) is 3.95. The van der Waals surface area contributed by atoms with Crippen LogP contribution in [0.15, 0.2) is 30.3 Å². The molecule has 1 saturated heterocycles. The van der Waals surface area contributed by atoms with Crippen molar-refractivity contribution >= 4 is 5.97 Å². The van der Waals surface area contributed by atoms with Crippen molar-refractivity contribution in [2.24, 2.45) is 0 Å². The molecule has 1 aliphatic rings. The molecular weight excluding hydrogens is 206 g/mol. The van der Waals surface area contributed by atoms with Crippen LogP contribution in [-0.4, -0.2) is 29.8 Å². The largest absolute Gasteiger partial charge is 0.480 e. The molecule has 16 heavy (non-hydrogen) atoms. The molecule has 2 N–H and O–H groups in total. The van der Waals surface area contributed by atoms with Gasteiger partial charge in [-0.2, -0.15) is 0 Å². The molecule has 86 valence electrons. The molecule has 0 bridgehead atoms. The second-order valence-corrected chi connectivity index (χ2v) is 3.95. The number of carbonyl (C=O) groups is 1. The Balaban J connectivity index is 1.78. The quantitative estimate of drug-likeness (QED) is 0.797. The summed E-state index contributed by atoms with van der Waals surface area (Å²) >= 11 is 0. The van der Waals surface area contributed by atoms with Crippen molar-refractivity contribution in [3.63, 3.8) is 0 Å². The topological polar surface area (TPSA) is 58.6 Å². The fourth-order valence-corrected chi connectivity index (χ4v) is 1.81. The molecule has 1 fully saturated rings. The number of carboxylic acids is 1. The van der Waals surface area contributed by atoms with E-state index in [0.29, 0.717) is 19.6 Å². The summed E-state index contributed by atoms with van der Waals surface area (Å²) in [4.78, 5) is 10.7. The standard InChI is InChI=1S/C12H15NO3/c14-12(15)11-6-10(7-13-11)16-8-9-4-2-1-3-5-9/h1-5,10-11,13H,6-8H2,(H,14,15). The van der Waals surface area contributed by atoms with Gasteiger partial charge in [-0.1, -0.05) is 30.3 Å². The average molecular weight is 221 g/mol. The molecule has 1 heterocycles. The molecule has 0 aromatic heterocycles. The lowest BCUT2D eigenvalue weighted by molar-refractivity contribution is -0.139. The zero-order valence-electron chi connectivity index (χ0n) is 8.93. The minimum absolute atomic E-state index is 0.00121. The van der Waals surface area contributed by atoms with E-state index in [9.17, 15) is 4.79 Å². The van der Waals surface area contributed by atoms with Crippen molar-refractivity contribution in [2.45, 2.75) is 25.2 Å². The first kappa shape index (κ1) is 11.1. The van der Waals surface area contributed by atoms with Crippen LogP contribution in [0.2, 0.25) is 0 Å². The Morgan fingerprint density at radius 3 is 2.81 bits per heavy atom. The molecule has 4 nitrogen and oxygen atoms in total. The van der Waals surface area contributed by atoms with Crippen LogP contribution in [0.5, 0.6) is 0 Å². The van der Waals surface area contributed by atoms with Crippen LogP contribution in [0.1, 0.15) is 12.0 Å². The predicted octanol–water partition coefficient (Wildman–Crippen LogP) is 1.02. The summed E-state index contributed by atoms with van der Waals surface area (Å²) in [7, 11) is 0. The summed E-state index contributed by atoms with van der Waals surface area (Å²) in [5.41, 5.74) is 1.11. The van der Waals surface area contributed by atoms with Gasteiger partial charge in [0, 0.05) is 13.0 Å². The normalized spacial score (nSPS) is 24.5. The smallest absolute Gasteiger partial charge is 0.320 e. The summed E-state index contributed by atoms with van der Waals surface area (Å²) in [5, 5.41) is 11.7. The summed E-state index contributed by atoms with van der Waals surface area (Å²) in [6, 6.07) is 9.42. The molecule has 0 radical (unpaired) electrons. The third kappa shape index (κ3) is 2.81. The SMILES string of the molecule is O=C(O)C1CC(OCc2ccccc2)CN1. The van der Waals surface area contributed by atoms with E-state index in [1.54, 1.807) is 0 Å². The maximum absolute atomic E-state index is 10.7.